The first-order valence-corrected chi connectivity index (χ1v) is 10.6. The van der Waals surface area contributed by atoms with Crippen molar-refractivity contribution in [1.82, 2.24) is 14.8 Å². The Labute approximate surface area is 190 Å². The van der Waals surface area contributed by atoms with E-state index >= 15 is 0 Å². The second-order valence-corrected chi connectivity index (χ2v) is 8.11. The molecule has 0 spiro atoms. The molecule has 0 bridgehead atoms. The SMILES string of the molecule is CC[C@H]1CCN2C(=O)c3c(O)c(=O)c(C(=O)NCc4ccc(F)cc4C(F)(F)F)cn3C[C@H]2O1. The molecular formula is C22H21F4N3O5. The molecule has 2 N–H and O–H groups in total. The van der Waals surface area contributed by atoms with Gasteiger partial charge in [-0.15, -0.1) is 0 Å². The highest BCUT2D eigenvalue weighted by atomic mass is 19.4. The molecule has 0 unspecified atom stereocenters. The number of carbonyl (C=O) groups excluding carboxylic acids is 2. The Morgan fingerprint density at radius 2 is 2.03 bits per heavy atom. The van der Waals surface area contributed by atoms with Crippen molar-refractivity contribution >= 4 is 11.8 Å². The topological polar surface area (TPSA) is 101 Å². The third-order valence-electron chi connectivity index (χ3n) is 5.98. The Kier molecular flexibility index (Phi) is 6.11. The van der Waals surface area contributed by atoms with Crippen molar-refractivity contribution < 1.29 is 37.0 Å². The summed E-state index contributed by atoms with van der Waals surface area (Å²) in [7, 11) is 0. The van der Waals surface area contributed by atoms with Gasteiger partial charge in [0.15, 0.2) is 17.7 Å². The highest BCUT2D eigenvalue weighted by molar-refractivity contribution is 5.99. The summed E-state index contributed by atoms with van der Waals surface area (Å²) < 4.78 is 60.0. The van der Waals surface area contributed by atoms with Crippen LogP contribution >= 0.6 is 0 Å². The predicted octanol–water partition coefficient (Wildman–Crippen LogP) is 2.62. The van der Waals surface area contributed by atoms with Gasteiger partial charge in [-0.25, -0.2) is 4.39 Å². The van der Waals surface area contributed by atoms with Gasteiger partial charge in [0.05, 0.1) is 18.2 Å². The number of pyridine rings is 1. The van der Waals surface area contributed by atoms with E-state index in [9.17, 15) is 37.1 Å². The van der Waals surface area contributed by atoms with E-state index in [4.69, 9.17) is 4.74 Å². The van der Waals surface area contributed by atoms with E-state index in [1.54, 1.807) is 0 Å². The van der Waals surface area contributed by atoms with Gasteiger partial charge >= 0.3 is 6.18 Å². The maximum Gasteiger partial charge on any atom is 0.416 e. The summed E-state index contributed by atoms with van der Waals surface area (Å²) in [4.78, 5) is 39.5. The van der Waals surface area contributed by atoms with E-state index in [1.165, 1.54) is 9.47 Å². The first-order chi connectivity index (χ1) is 16.0. The van der Waals surface area contributed by atoms with Crippen LogP contribution in [0.25, 0.3) is 0 Å². The Balaban J connectivity index is 1.61. The highest BCUT2D eigenvalue weighted by Gasteiger charge is 2.40. The molecular weight excluding hydrogens is 462 g/mol. The lowest BCUT2D eigenvalue weighted by Crippen LogP contribution is -2.55. The summed E-state index contributed by atoms with van der Waals surface area (Å²) in [6, 6.07) is 2.01. The standard InChI is InChI=1S/C22H21F4N3O5/c1-2-13-5-6-29-16(34-13)10-28-9-14(18(30)19(31)17(28)21(29)33)20(32)27-8-11-3-4-12(23)7-15(11)22(24,25)26/h3-4,7,9,13,16,31H,2,5-6,8,10H2,1H3,(H,27,32)/t13-,16+/m0/s1. The van der Waals surface area contributed by atoms with Gasteiger partial charge in [0.25, 0.3) is 11.8 Å². The molecule has 1 aromatic carbocycles. The molecule has 12 heteroatoms. The third-order valence-corrected chi connectivity index (χ3v) is 5.98. The molecule has 3 heterocycles. The van der Waals surface area contributed by atoms with Crippen molar-refractivity contribution in [3.05, 3.63) is 62.8 Å². The average molecular weight is 483 g/mol. The smallest absolute Gasteiger partial charge is 0.416 e. The van der Waals surface area contributed by atoms with Gasteiger partial charge in [0, 0.05) is 19.3 Å². The Bertz CT molecular complexity index is 1210. The van der Waals surface area contributed by atoms with Crippen LogP contribution in [-0.4, -0.2) is 45.3 Å². The number of aromatic hydroxyl groups is 1. The monoisotopic (exact) mass is 483 g/mol. The number of amides is 2. The predicted molar refractivity (Wildman–Crippen MR) is 110 cm³/mol. The zero-order valence-corrected chi connectivity index (χ0v) is 18.0. The molecule has 34 heavy (non-hydrogen) atoms. The number of halogens is 4. The number of rotatable bonds is 4. The molecule has 2 atom stereocenters. The molecule has 2 amide bonds. The molecule has 0 aliphatic carbocycles. The molecule has 0 radical (unpaired) electrons. The number of nitrogens with one attached hydrogen (secondary N) is 1. The molecule has 2 aliphatic rings. The molecule has 2 aliphatic heterocycles. The van der Waals surface area contributed by atoms with Crippen molar-refractivity contribution in [2.75, 3.05) is 6.54 Å². The summed E-state index contributed by atoms with van der Waals surface area (Å²) >= 11 is 0. The van der Waals surface area contributed by atoms with Crippen LogP contribution in [-0.2, 0) is 24.0 Å². The van der Waals surface area contributed by atoms with E-state index in [1.807, 2.05) is 6.92 Å². The number of hydrogen-bond donors (Lipinski definition) is 2. The number of carbonyl (C=O) groups is 2. The lowest BCUT2D eigenvalue weighted by Gasteiger charge is -2.43. The number of hydrogen-bond acceptors (Lipinski definition) is 5. The summed E-state index contributed by atoms with van der Waals surface area (Å²) in [5, 5.41) is 12.6. The normalized spacial score (nSPS) is 20.0. The fourth-order valence-corrected chi connectivity index (χ4v) is 4.19. The van der Waals surface area contributed by atoms with Crippen LogP contribution < -0.4 is 10.7 Å². The number of benzene rings is 1. The minimum atomic E-state index is -4.85. The number of nitrogens with zero attached hydrogens (tertiary/aromatic N) is 2. The summed E-state index contributed by atoms with van der Waals surface area (Å²) in [5.41, 5.74) is -3.63. The quantitative estimate of drug-likeness (QED) is 0.652. The third kappa shape index (κ3) is 4.25. The zero-order chi connectivity index (χ0) is 24.8. The lowest BCUT2D eigenvalue weighted by atomic mass is 10.1. The van der Waals surface area contributed by atoms with Crippen LogP contribution in [0, 0.1) is 5.82 Å². The Morgan fingerprint density at radius 3 is 2.71 bits per heavy atom. The first-order valence-electron chi connectivity index (χ1n) is 10.6. The van der Waals surface area contributed by atoms with Gasteiger partial charge in [-0.3, -0.25) is 14.4 Å². The molecule has 1 saturated heterocycles. The number of ether oxygens (including phenoxy) is 1. The molecule has 1 aromatic heterocycles. The van der Waals surface area contributed by atoms with Crippen LogP contribution in [0.3, 0.4) is 0 Å². The van der Waals surface area contributed by atoms with Crippen LogP contribution in [0.1, 0.15) is 51.7 Å². The summed E-state index contributed by atoms with van der Waals surface area (Å²) in [6.45, 7) is 1.74. The Hall–Kier alpha value is -3.41. The van der Waals surface area contributed by atoms with Gasteiger partial charge in [0.1, 0.15) is 11.4 Å². The van der Waals surface area contributed by atoms with Crippen LogP contribution in [0.4, 0.5) is 17.6 Å². The number of aromatic nitrogens is 1. The number of alkyl halides is 3. The molecule has 4 rings (SSSR count). The van der Waals surface area contributed by atoms with E-state index in [0.29, 0.717) is 19.0 Å². The maximum absolute atomic E-state index is 13.3. The van der Waals surface area contributed by atoms with Gasteiger partial charge in [-0.1, -0.05) is 13.0 Å². The van der Waals surface area contributed by atoms with E-state index in [2.05, 4.69) is 5.32 Å². The van der Waals surface area contributed by atoms with Crippen molar-refractivity contribution in [1.29, 1.82) is 0 Å². The van der Waals surface area contributed by atoms with Crippen molar-refractivity contribution in [3.8, 4) is 5.75 Å². The largest absolute Gasteiger partial charge is 0.503 e. The highest BCUT2D eigenvalue weighted by Crippen LogP contribution is 2.33. The lowest BCUT2D eigenvalue weighted by molar-refractivity contribution is -0.138. The molecule has 1 fully saturated rings. The van der Waals surface area contributed by atoms with Crippen LogP contribution in [0.2, 0.25) is 0 Å². The second-order valence-electron chi connectivity index (χ2n) is 8.11. The van der Waals surface area contributed by atoms with E-state index in [-0.39, 0.29) is 18.3 Å². The maximum atomic E-state index is 13.3. The zero-order valence-electron chi connectivity index (χ0n) is 18.0. The van der Waals surface area contributed by atoms with Crippen LogP contribution in [0.5, 0.6) is 5.75 Å². The van der Waals surface area contributed by atoms with Gasteiger partial charge < -0.3 is 24.6 Å². The van der Waals surface area contributed by atoms with Gasteiger partial charge in [0.2, 0.25) is 5.43 Å². The van der Waals surface area contributed by atoms with E-state index < -0.39 is 64.4 Å². The van der Waals surface area contributed by atoms with Crippen LogP contribution in [0.15, 0.2) is 29.2 Å². The second kappa shape index (κ2) is 8.75. The van der Waals surface area contributed by atoms with E-state index in [0.717, 1.165) is 24.8 Å². The minimum Gasteiger partial charge on any atom is -0.503 e. The van der Waals surface area contributed by atoms with Crippen molar-refractivity contribution in [3.63, 3.8) is 0 Å². The fourth-order valence-electron chi connectivity index (χ4n) is 4.19. The van der Waals surface area contributed by atoms with Gasteiger partial charge in [-0.05, 0) is 30.5 Å². The summed E-state index contributed by atoms with van der Waals surface area (Å²) in [6.07, 6.45) is -3.15. The molecule has 2 aromatic rings. The minimum absolute atomic E-state index is 0.0574. The average Bonchev–Trinajstić information content (AvgIpc) is 2.79. The Morgan fingerprint density at radius 1 is 1.29 bits per heavy atom. The molecule has 182 valence electrons. The summed E-state index contributed by atoms with van der Waals surface area (Å²) in [5.74, 6) is -3.69. The number of fused-ring (bicyclic) bond motifs is 2. The fraction of sp³-hybridized carbons (Fsp3) is 0.409. The first kappa shape index (κ1) is 23.7. The van der Waals surface area contributed by atoms with Gasteiger partial charge in [-0.2, -0.15) is 13.2 Å². The van der Waals surface area contributed by atoms with Crippen molar-refractivity contribution in [2.24, 2.45) is 0 Å². The molecule has 0 saturated carbocycles. The van der Waals surface area contributed by atoms with Crippen molar-refractivity contribution in [2.45, 2.75) is 51.4 Å². The molecule has 8 nitrogen and oxygen atoms in total.